The van der Waals surface area contributed by atoms with Gasteiger partial charge < -0.3 is 33.9 Å². The Balaban J connectivity index is 1.60. The zero-order valence-electron chi connectivity index (χ0n) is 20.5. The van der Waals surface area contributed by atoms with Crippen molar-refractivity contribution in [2.24, 2.45) is 28.6 Å². The number of methoxy groups -OCH3 is 3. The summed E-state index contributed by atoms with van der Waals surface area (Å²) in [4.78, 5) is 2.48. The number of fused-ring (bicyclic) bond motifs is 1. The van der Waals surface area contributed by atoms with E-state index in [-0.39, 0.29) is 54.3 Å². The minimum Gasteiger partial charge on any atom is -0.390 e. The molecule has 0 aromatic rings. The lowest BCUT2D eigenvalue weighted by molar-refractivity contribution is -0.332. The molecule has 8 nitrogen and oxygen atoms in total. The molecule has 0 aromatic carbocycles. The molecule has 0 radical (unpaired) electrons. The molecule has 2 aliphatic heterocycles. The van der Waals surface area contributed by atoms with Crippen molar-refractivity contribution in [3.8, 4) is 0 Å². The van der Waals surface area contributed by atoms with Crippen LogP contribution in [-0.4, -0.2) is 104 Å². The number of hydrogen-bond acceptors (Lipinski definition) is 8. The summed E-state index contributed by atoms with van der Waals surface area (Å²) in [6.45, 7) is 6.32. The van der Waals surface area contributed by atoms with Gasteiger partial charge in [0.1, 0.15) is 18.0 Å². The van der Waals surface area contributed by atoms with Crippen LogP contribution in [0.2, 0.25) is 0 Å². The fraction of sp³-hybridized carbons (Fsp3) is 1.00. The first-order chi connectivity index (χ1) is 15.8. The molecule has 3 spiro atoms. The van der Waals surface area contributed by atoms with Crippen molar-refractivity contribution < 1.29 is 33.9 Å². The number of aliphatic hydroxyl groups is 2. The summed E-state index contributed by atoms with van der Waals surface area (Å²) in [6.07, 6.45) is 1.72. The lowest BCUT2D eigenvalue weighted by Gasteiger charge is -2.72. The SMILES string of the molecule is CCN1C[C@]2(C)CC[C@H](OC)[C@]34[C@@H]2[C@H](O)[C@@]2(OCO[C@@]25C[C@@H](OC)[C@H]2C[C@]3(O)[C@@H]5[C@H]2OC)[C@@H]14. The second-order valence-electron chi connectivity index (χ2n) is 12.3. The summed E-state index contributed by atoms with van der Waals surface area (Å²) in [6, 6.07) is -0.191. The number of likely N-dealkylation sites (N-methyl/N-ethyl adjacent to an activating group) is 1. The third-order valence-corrected chi connectivity index (χ3v) is 11.9. The van der Waals surface area contributed by atoms with E-state index in [1.54, 1.807) is 21.3 Å². The first-order valence-corrected chi connectivity index (χ1v) is 12.8. The molecule has 13 atom stereocenters. The minimum absolute atomic E-state index is 0.0641. The Labute approximate surface area is 195 Å². The normalized spacial score (nSPS) is 64.8. The Hall–Kier alpha value is -0.320. The van der Waals surface area contributed by atoms with Crippen LogP contribution in [0.15, 0.2) is 0 Å². The highest BCUT2D eigenvalue weighted by atomic mass is 16.7. The molecule has 7 aliphatic rings. The van der Waals surface area contributed by atoms with Crippen LogP contribution in [0.5, 0.6) is 0 Å². The topological polar surface area (TPSA) is 89.9 Å². The lowest BCUT2D eigenvalue weighted by Crippen LogP contribution is -2.85. The predicted molar refractivity (Wildman–Crippen MR) is 116 cm³/mol. The first-order valence-electron chi connectivity index (χ1n) is 12.8. The van der Waals surface area contributed by atoms with Gasteiger partial charge in [-0.2, -0.15) is 0 Å². The van der Waals surface area contributed by atoms with Crippen molar-refractivity contribution in [2.75, 3.05) is 41.2 Å². The number of likely N-dealkylation sites (tertiary alicyclic amines) is 1. The van der Waals surface area contributed by atoms with Crippen LogP contribution < -0.4 is 0 Å². The molecule has 7 rings (SSSR count). The van der Waals surface area contributed by atoms with Crippen LogP contribution in [0.25, 0.3) is 0 Å². The standard InChI is InChI=1S/C25H39NO7/c1-6-26-11-21(2)8-7-15(30-4)24-18(21)19(27)25(20(24)26)23(32-12-33-25)10-14(29-3)13-9-22(24,28)17(23)16(13)31-5/h13-20,27-28H,6-12H2,1-5H3/t13-,14-,15+,16+,17+,18-,19+,20+,21+,22+,23-,24-,25-/m1/s1. The van der Waals surface area contributed by atoms with Gasteiger partial charge in [-0.25, -0.2) is 0 Å². The summed E-state index contributed by atoms with van der Waals surface area (Å²) < 4.78 is 31.8. The number of ether oxygens (including phenoxy) is 5. The monoisotopic (exact) mass is 465 g/mol. The molecule has 5 saturated carbocycles. The van der Waals surface area contributed by atoms with E-state index in [0.717, 1.165) is 25.9 Å². The minimum atomic E-state index is -1.12. The molecular formula is C25H39NO7. The fourth-order valence-electron chi connectivity index (χ4n) is 11.5. The maximum Gasteiger partial charge on any atom is 0.148 e. The third-order valence-electron chi connectivity index (χ3n) is 11.9. The number of rotatable bonds is 4. The van der Waals surface area contributed by atoms with Crippen LogP contribution in [0.4, 0.5) is 0 Å². The van der Waals surface area contributed by atoms with E-state index in [9.17, 15) is 10.2 Å². The van der Waals surface area contributed by atoms with Crippen LogP contribution in [0.1, 0.15) is 39.5 Å². The van der Waals surface area contributed by atoms with Crippen LogP contribution in [0, 0.1) is 28.6 Å². The van der Waals surface area contributed by atoms with E-state index in [1.165, 1.54) is 0 Å². The molecule has 7 bridgehead atoms. The summed E-state index contributed by atoms with van der Waals surface area (Å²) >= 11 is 0. The van der Waals surface area contributed by atoms with E-state index >= 15 is 0 Å². The second-order valence-corrected chi connectivity index (χ2v) is 12.3. The van der Waals surface area contributed by atoms with Crippen molar-refractivity contribution in [3.05, 3.63) is 0 Å². The van der Waals surface area contributed by atoms with Crippen molar-refractivity contribution in [2.45, 2.75) is 86.8 Å². The van der Waals surface area contributed by atoms with Gasteiger partial charge in [0.05, 0.1) is 41.5 Å². The molecule has 33 heavy (non-hydrogen) atoms. The Morgan fingerprint density at radius 2 is 1.85 bits per heavy atom. The molecule has 7 fully saturated rings. The van der Waals surface area contributed by atoms with E-state index in [0.29, 0.717) is 12.8 Å². The average molecular weight is 466 g/mol. The molecule has 2 N–H and O–H groups in total. The first kappa shape index (κ1) is 21.9. The van der Waals surface area contributed by atoms with Crippen molar-refractivity contribution in [1.82, 2.24) is 4.90 Å². The number of hydrogen-bond donors (Lipinski definition) is 2. The van der Waals surface area contributed by atoms with Gasteiger partial charge in [-0.3, -0.25) is 4.90 Å². The van der Waals surface area contributed by atoms with Gasteiger partial charge in [0.25, 0.3) is 0 Å². The van der Waals surface area contributed by atoms with Crippen LogP contribution in [0.3, 0.4) is 0 Å². The highest BCUT2D eigenvalue weighted by molar-refractivity contribution is 5.46. The molecular weight excluding hydrogens is 426 g/mol. The van der Waals surface area contributed by atoms with Crippen molar-refractivity contribution in [1.29, 1.82) is 0 Å². The van der Waals surface area contributed by atoms with Gasteiger partial charge in [-0.05, 0) is 31.2 Å². The second kappa shape index (κ2) is 6.32. The highest BCUT2D eigenvalue weighted by Gasteiger charge is 2.96. The maximum absolute atomic E-state index is 13.2. The molecule has 0 unspecified atom stereocenters. The van der Waals surface area contributed by atoms with E-state index < -0.39 is 28.3 Å². The van der Waals surface area contributed by atoms with Gasteiger partial charge in [0.15, 0.2) is 0 Å². The summed E-state index contributed by atoms with van der Waals surface area (Å²) in [7, 11) is 5.25. The maximum atomic E-state index is 13.2. The number of aliphatic hydroxyl groups excluding tert-OH is 1. The van der Waals surface area contributed by atoms with Crippen LogP contribution >= 0.6 is 0 Å². The van der Waals surface area contributed by atoms with Gasteiger partial charge in [0.2, 0.25) is 0 Å². The summed E-state index contributed by atoms with van der Waals surface area (Å²) in [5.41, 5.74) is -3.76. The van der Waals surface area contributed by atoms with Crippen molar-refractivity contribution >= 4 is 0 Å². The van der Waals surface area contributed by atoms with E-state index in [2.05, 4.69) is 18.7 Å². The zero-order valence-corrected chi connectivity index (χ0v) is 20.5. The molecule has 2 heterocycles. The molecule has 0 aromatic heterocycles. The largest absolute Gasteiger partial charge is 0.390 e. The van der Waals surface area contributed by atoms with E-state index in [1.807, 2.05) is 0 Å². The molecule has 5 aliphatic carbocycles. The Morgan fingerprint density at radius 3 is 2.52 bits per heavy atom. The Morgan fingerprint density at radius 1 is 1.06 bits per heavy atom. The average Bonchev–Trinajstić information content (AvgIpc) is 3.35. The van der Waals surface area contributed by atoms with Crippen LogP contribution in [-0.2, 0) is 23.7 Å². The Bertz CT molecular complexity index is 874. The molecule has 0 amide bonds. The number of nitrogens with zero attached hydrogens (tertiary/aromatic N) is 1. The van der Waals surface area contributed by atoms with Gasteiger partial charge in [0, 0.05) is 52.0 Å². The van der Waals surface area contributed by atoms with Gasteiger partial charge >= 0.3 is 0 Å². The number of piperidine rings is 1. The fourth-order valence-corrected chi connectivity index (χ4v) is 11.5. The van der Waals surface area contributed by atoms with Gasteiger partial charge in [-0.1, -0.05) is 13.8 Å². The smallest absolute Gasteiger partial charge is 0.148 e. The highest BCUT2D eigenvalue weighted by Crippen LogP contribution is 2.83. The third kappa shape index (κ3) is 1.85. The zero-order chi connectivity index (χ0) is 23.2. The van der Waals surface area contributed by atoms with Gasteiger partial charge in [-0.15, -0.1) is 0 Å². The predicted octanol–water partition coefficient (Wildman–Crippen LogP) is 0.779. The quantitative estimate of drug-likeness (QED) is 0.630. The molecule has 8 heteroatoms. The van der Waals surface area contributed by atoms with Crippen molar-refractivity contribution in [3.63, 3.8) is 0 Å². The summed E-state index contributed by atoms with van der Waals surface area (Å²) in [5, 5.41) is 25.6. The summed E-state index contributed by atoms with van der Waals surface area (Å²) in [5.74, 6) is -0.376. The Kier molecular flexibility index (Phi) is 4.20. The van der Waals surface area contributed by atoms with E-state index in [4.69, 9.17) is 23.7 Å². The lowest BCUT2D eigenvalue weighted by atomic mass is 9.41. The molecule has 2 saturated heterocycles. The molecule has 186 valence electrons.